The van der Waals surface area contributed by atoms with E-state index in [0.717, 1.165) is 55.0 Å². The molecular formula is C29H25N5O2S. The first kappa shape index (κ1) is 23.1. The van der Waals surface area contributed by atoms with Crippen molar-refractivity contribution < 1.29 is 9.32 Å². The average molecular weight is 508 g/mol. The molecule has 0 saturated heterocycles. The summed E-state index contributed by atoms with van der Waals surface area (Å²) in [7, 11) is 1.82. The van der Waals surface area contributed by atoms with Gasteiger partial charge in [0.2, 0.25) is 0 Å². The van der Waals surface area contributed by atoms with Gasteiger partial charge in [-0.2, -0.15) is 0 Å². The van der Waals surface area contributed by atoms with Gasteiger partial charge in [-0.3, -0.25) is 4.90 Å². The van der Waals surface area contributed by atoms with Gasteiger partial charge in [0.25, 0.3) is 0 Å². The Kier molecular flexibility index (Phi) is 5.81. The average Bonchev–Trinajstić information content (AvgIpc) is 3.54. The van der Waals surface area contributed by atoms with Gasteiger partial charge in [0.1, 0.15) is 15.8 Å². The number of nitrogens with zero attached hydrogens (tertiary/aromatic N) is 5. The number of anilines is 1. The number of benzene rings is 3. The van der Waals surface area contributed by atoms with Crippen LogP contribution in [-0.4, -0.2) is 33.3 Å². The molecule has 0 aliphatic carbocycles. The van der Waals surface area contributed by atoms with Gasteiger partial charge in [-0.05, 0) is 37.1 Å². The van der Waals surface area contributed by atoms with Crippen molar-refractivity contribution in [2.24, 2.45) is 0 Å². The van der Waals surface area contributed by atoms with E-state index < -0.39 is 0 Å². The van der Waals surface area contributed by atoms with Gasteiger partial charge in [-0.15, -0.1) is 10.2 Å². The van der Waals surface area contributed by atoms with Gasteiger partial charge in [0.15, 0.2) is 0 Å². The normalized spacial score (nSPS) is 15.2. The predicted octanol–water partition coefficient (Wildman–Crippen LogP) is 6.64. The maximum atomic E-state index is 13.8. The third kappa shape index (κ3) is 4.09. The Morgan fingerprint density at radius 1 is 0.919 bits per heavy atom. The molecule has 0 spiro atoms. The van der Waals surface area contributed by atoms with Crippen molar-refractivity contribution in [3.8, 4) is 21.7 Å². The van der Waals surface area contributed by atoms with Crippen molar-refractivity contribution in [1.82, 2.24) is 20.3 Å². The summed E-state index contributed by atoms with van der Waals surface area (Å²) >= 11 is 1.51. The highest BCUT2D eigenvalue weighted by atomic mass is 32.1. The zero-order valence-corrected chi connectivity index (χ0v) is 21.6. The first-order chi connectivity index (χ1) is 18.0. The van der Waals surface area contributed by atoms with Crippen molar-refractivity contribution in [1.29, 1.82) is 0 Å². The predicted molar refractivity (Wildman–Crippen MR) is 144 cm³/mol. The number of carbonyl (C=O) groups excluding carboxylic acids is 1. The van der Waals surface area contributed by atoms with Crippen molar-refractivity contribution in [2.45, 2.75) is 26.4 Å². The van der Waals surface area contributed by atoms with Crippen LogP contribution in [0, 0.1) is 13.8 Å². The number of aromatic nitrogens is 3. The van der Waals surface area contributed by atoms with E-state index in [2.05, 4.69) is 33.6 Å². The SMILES string of the molecule is Cc1noc(C)c1-c1ccc2c(c1)C(c1ccccc1)N(Cc1nnc(-c3ccccc3)s1)C(=O)N2C. The molecule has 2 amide bonds. The highest BCUT2D eigenvalue weighted by molar-refractivity contribution is 7.14. The van der Waals surface area contributed by atoms with Crippen LogP contribution >= 0.6 is 11.3 Å². The third-order valence-electron chi connectivity index (χ3n) is 6.76. The van der Waals surface area contributed by atoms with E-state index in [-0.39, 0.29) is 12.1 Å². The second-order valence-electron chi connectivity index (χ2n) is 9.12. The Labute approximate surface area is 219 Å². The fourth-order valence-corrected chi connectivity index (χ4v) is 5.86. The molecule has 1 aliphatic heterocycles. The van der Waals surface area contributed by atoms with Crippen LogP contribution in [0.5, 0.6) is 0 Å². The zero-order chi connectivity index (χ0) is 25.5. The molecule has 2 aromatic heterocycles. The second kappa shape index (κ2) is 9.29. The monoisotopic (exact) mass is 507 g/mol. The van der Waals surface area contributed by atoms with E-state index >= 15 is 0 Å². The van der Waals surface area contributed by atoms with Crippen molar-refractivity contribution in [2.75, 3.05) is 11.9 Å². The maximum absolute atomic E-state index is 13.8. The molecule has 7 nitrogen and oxygen atoms in total. The fourth-order valence-electron chi connectivity index (χ4n) is 5.02. The van der Waals surface area contributed by atoms with Crippen molar-refractivity contribution >= 4 is 23.1 Å². The van der Waals surface area contributed by atoms with E-state index in [1.54, 1.807) is 4.90 Å². The van der Waals surface area contributed by atoms with Crippen LogP contribution in [0.15, 0.2) is 83.4 Å². The summed E-state index contributed by atoms with van der Waals surface area (Å²) in [5.74, 6) is 0.771. The minimum atomic E-state index is -0.288. The minimum Gasteiger partial charge on any atom is -0.361 e. The number of fused-ring (bicyclic) bond motifs is 1. The minimum absolute atomic E-state index is 0.0806. The molecule has 6 rings (SSSR count). The molecule has 8 heteroatoms. The Hall–Kier alpha value is -4.30. The highest BCUT2D eigenvalue weighted by Crippen LogP contribution is 2.43. The standard InChI is InChI=1S/C29H25N5O2S/c1-18-26(19(2)36-32-18)22-14-15-24-23(16-22)27(20-10-6-4-7-11-20)34(29(35)33(24)3)17-25-30-31-28(37-25)21-12-8-5-9-13-21/h4-16,27H,17H2,1-3H3. The molecule has 1 atom stereocenters. The number of rotatable bonds is 5. The van der Waals surface area contributed by atoms with Gasteiger partial charge in [-0.25, -0.2) is 4.79 Å². The molecule has 37 heavy (non-hydrogen) atoms. The third-order valence-corrected chi connectivity index (χ3v) is 7.72. The van der Waals surface area contributed by atoms with E-state index in [1.807, 2.05) is 86.5 Å². The molecule has 3 heterocycles. The molecule has 0 radical (unpaired) electrons. The first-order valence-electron chi connectivity index (χ1n) is 12.1. The summed E-state index contributed by atoms with van der Waals surface area (Å²) < 4.78 is 5.44. The largest absolute Gasteiger partial charge is 0.361 e. The maximum Gasteiger partial charge on any atom is 0.325 e. The second-order valence-corrected chi connectivity index (χ2v) is 10.2. The zero-order valence-electron chi connectivity index (χ0n) is 20.8. The Balaban J connectivity index is 1.45. The molecule has 5 aromatic rings. The molecule has 184 valence electrons. The number of hydrogen-bond acceptors (Lipinski definition) is 6. The van der Waals surface area contributed by atoms with E-state index in [1.165, 1.54) is 11.3 Å². The highest BCUT2D eigenvalue weighted by Gasteiger charge is 2.38. The van der Waals surface area contributed by atoms with Gasteiger partial charge in [0, 0.05) is 23.7 Å². The Bertz CT molecular complexity index is 1560. The van der Waals surface area contributed by atoms with Crippen molar-refractivity contribution in [3.05, 3.63) is 106 Å². The van der Waals surface area contributed by atoms with Gasteiger partial charge >= 0.3 is 6.03 Å². The lowest BCUT2D eigenvalue weighted by Crippen LogP contribution is -2.47. The summed E-state index contributed by atoms with van der Waals surface area (Å²) in [5.41, 5.74) is 6.81. The summed E-state index contributed by atoms with van der Waals surface area (Å²) in [6.45, 7) is 4.22. The smallest absolute Gasteiger partial charge is 0.325 e. The van der Waals surface area contributed by atoms with Gasteiger partial charge in [0.05, 0.1) is 24.0 Å². The van der Waals surface area contributed by atoms with E-state index in [9.17, 15) is 4.79 Å². The molecule has 0 bridgehead atoms. The summed E-state index contributed by atoms with van der Waals surface area (Å²) in [6, 6.07) is 26.0. The van der Waals surface area contributed by atoms with Crippen LogP contribution in [0.4, 0.5) is 10.5 Å². The molecule has 0 N–H and O–H groups in total. The fraction of sp³-hybridized carbons (Fsp3) is 0.172. The molecule has 3 aromatic carbocycles. The van der Waals surface area contributed by atoms with E-state index in [4.69, 9.17) is 4.52 Å². The molecule has 1 unspecified atom stereocenters. The van der Waals surface area contributed by atoms with Crippen LogP contribution in [0.25, 0.3) is 21.7 Å². The number of carbonyl (C=O) groups is 1. The number of urea groups is 1. The number of amides is 2. The van der Waals surface area contributed by atoms with Crippen LogP contribution in [-0.2, 0) is 6.54 Å². The van der Waals surface area contributed by atoms with E-state index in [0.29, 0.717) is 6.54 Å². The summed E-state index contributed by atoms with van der Waals surface area (Å²) in [4.78, 5) is 17.4. The molecule has 0 fully saturated rings. The number of hydrogen-bond donors (Lipinski definition) is 0. The van der Waals surface area contributed by atoms with Gasteiger partial charge < -0.3 is 9.42 Å². The van der Waals surface area contributed by atoms with Gasteiger partial charge in [-0.1, -0.05) is 83.2 Å². The van der Waals surface area contributed by atoms with Crippen LogP contribution in [0.3, 0.4) is 0 Å². The Morgan fingerprint density at radius 2 is 1.65 bits per heavy atom. The van der Waals surface area contributed by atoms with Crippen molar-refractivity contribution in [3.63, 3.8) is 0 Å². The van der Waals surface area contributed by atoms with Crippen LogP contribution in [0.2, 0.25) is 0 Å². The lowest BCUT2D eigenvalue weighted by molar-refractivity contribution is 0.184. The topological polar surface area (TPSA) is 75.4 Å². The summed E-state index contributed by atoms with van der Waals surface area (Å²) in [6.07, 6.45) is 0. The molecule has 0 saturated carbocycles. The Morgan fingerprint density at radius 3 is 2.35 bits per heavy atom. The molecule has 1 aliphatic rings. The lowest BCUT2D eigenvalue weighted by atomic mass is 9.90. The summed E-state index contributed by atoms with van der Waals surface area (Å²) in [5, 5.41) is 14.6. The molecular weight excluding hydrogens is 482 g/mol. The lowest BCUT2D eigenvalue weighted by Gasteiger charge is -2.41. The van der Waals surface area contributed by atoms with Crippen LogP contribution in [0.1, 0.15) is 33.6 Å². The first-order valence-corrected chi connectivity index (χ1v) is 12.9. The number of aryl methyl sites for hydroxylation is 2. The quantitative estimate of drug-likeness (QED) is 0.267. The van der Waals surface area contributed by atoms with Crippen LogP contribution < -0.4 is 4.90 Å².